The number of fused-ring (bicyclic) bond motifs is 2. The van der Waals surface area contributed by atoms with Gasteiger partial charge >= 0.3 is 0 Å². The van der Waals surface area contributed by atoms with Crippen LogP contribution >= 0.6 is 0 Å². The van der Waals surface area contributed by atoms with Crippen LogP contribution in [0.3, 0.4) is 0 Å². The van der Waals surface area contributed by atoms with Crippen LogP contribution in [0.5, 0.6) is 5.75 Å². The molecule has 4 atom stereocenters. The molecule has 2 aliphatic carbocycles. The highest BCUT2D eigenvalue weighted by atomic mass is 16.5. The lowest BCUT2D eigenvalue weighted by Crippen LogP contribution is -2.26. The van der Waals surface area contributed by atoms with Gasteiger partial charge < -0.3 is 10.5 Å². The summed E-state index contributed by atoms with van der Waals surface area (Å²) >= 11 is 0. The van der Waals surface area contributed by atoms with Crippen molar-refractivity contribution in [2.45, 2.75) is 38.6 Å². The number of ether oxygens (including phenoxy) is 1. The Labute approximate surface area is 110 Å². The Morgan fingerprint density at radius 1 is 1.28 bits per heavy atom. The van der Waals surface area contributed by atoms with Crippen molar-refractivity contribution < 1.29 is 4.74 Å². The molecule has 2 saturated carbocycles. The second kappa shape index (κ2) is 4.93. The van der Waals surface area contributed by atoms with Gasteiger partial charge in [-0.15, -0.1) is 0 Å². The largest absolute Gasteiger partial charge is 0.494 e. The summed E-state index contributed by atoms with van der Waals surface area (Å²) < 4.78 is 5.72. The first-order chi connectivity index (χ1) is 8.79. The fraction of sp³-hybridized carbons (Fsp3) is 0.625. The van der Waals surface area contributed by atoms with Crippen molar-refractivity contribution in [1.29, 1.82) is 0 Å². The molecule has 0 amide bonds. The van der Waals surface area contributed by atoms with Gasteiger partial charge in [0.15, 0.2) is 0 Å². The van der Waals surface area contributed by atoms with Crippen LogP contribution in [0.4, 0.5) is 0 Å². The normalized spacial score (nSPS) is 31.6. The van der Waals surface area contributed by atoms with Crippen LogP contribution in [0.1, 0.15) is 44.2 Å². The number of para-hydroxylation sites is 1. The highest BCUT2D eigenvalue weighted by Crippen LogP contribution is 2.52. The lowest BCUT2D eigenvalue weighted by Gasteiger charge is -2.29. The molecule has 2 fully saturated rings. The Balaban J connectivity index is 1.81. The number of rotatable bonds is 4. The van der Waals surface area contributed by atoms with E-state index in [1.807, 2.05) is 19.1 Å². The van der Waals surface area contributed by atoms with Crippen molar-refractivity contribution in [3.63, 3.8) is 0 Å². The molecule has 4 unspecified atom stereocenters. The van der Waals surface area contributed by atoms with Crippen LogP contribution in [0.15, 0.2) is 24.3 Å². The van der Waals surface area contributed by atoms with Crippen LogP contribution in [0, 0.1) is 17.8 Å². The second-order valence-electron chi connectivity index (χ2n) is 5.84. The van der Waals surface area contributed by atoms with E-state index in [9.17, 15) is 0 Å². The Bertz CT molecular complexity index is 417. The van der Waals surface area contributed by atoms with Gasteiger partial charge in [0.05, 0.1) is 6.61 Å². The molecule has 0 spiro atoms. The molecule has 0 heterocycles. The second-order valence-corrected chi connectivity index (χ2v) is 5.84. The van der Waals surface area contributed by atoms with Gasteiger partial charge in [-0.25, -0.2) is 0 Å². The van der Waals surface area contributed by atoms with Crippen molar-refractivity contribution in [3.8, 4) is 5.75 Å². The maximum Gasteiger partial charge on any atom is 0.124 e. The smallest absolute Gasteiger partial charge is 0.124 e. The first-order valence-electron chi connectivity index (χ1n) is 7.27. The monoisotopic (exact) mass is 245 g/mol. The predicted octanol–water partition coefficient (Wildman–Crippen LogP) is 3.52. The fourth-order valence-corrected chi connectivity index (χ4v) is 4.01. The Hall–Kier alpha value is -1.02. The zero-order chi connectivity index (χ0) is 12.5. The SMILES string of the molecule is CCOc1ccccc1C(N)C1CC2CCC1C2. The van der Waals surface area contributed by atoms with Gasteiger partial charge in [0.25, 0.3) is 0 Å². The van der Waals surface area contributed by atoms with E-state index < -0.39 is 0 Å². The van der Waals surface area contributed by atoms with Gasteiger partial charge in [-0.3, -0.25) is 0 Å². The van der Waals surface area contributed by atoms with Gasteiger partial charge in [0, 0.05) is 11.6 Å². The highest BCUT2D eigenvalue weighted by molar-refractivity contribution is 5.36. The van der Waals surface area contributed by atoms with E-state index in [1.165, 1.54) is 31.2 Å². The van der Waals surface area contributed by atoms with Crippen LogP contribution in [0.2, 0.25) is 0 Å². The number of hydrogen-bond acceptors (Lipinski definition) is 2. The quantitative estimate of drug-likeness (QED) is 0.881. The molecule has 0 aromatic heterocycles. The fourth-order valence-electron chi connectivity index (χ4n) is 4.01. The topological polar surface area (TPSA) is 35.2 Å². The molecule has 2 aliphatic rings. The molecule has 2 nitrogen and oxygen atoms in total. The summed E-state index contributed by atoms with van der Waals surface area (Å²) in [5.74, 6) is 3.46. The summed E-state index contributed by atoms with van der Waals surface area (Å²) in [6.45, 7) is 2.74. The minimum absolute atomic E-state index is 0.156. The third-order valence-corrected chi connectivity index (χ3v) is 4.83. The minimum Gasteiger partial charge on any atom is -0.494 e. The molecule has 2 N–H and O–H groups in total. The maximum absolute atomic E-state index is 6.54. The van der Waals surface area contributed by atoms with E-state index >= 15 is 0 Å². The Morgan fingerprint density at radius 3 is 2.78 bits per heavy atom. The highest BCUT2D eigenvalue weighted by Gasteiger charge is 2.42. The lowest BCUT2D eigenvalue weighted by molar-refractivity contribution is 0.273. The zero-order valence-electron chi connectivity index (χ0n) is 11.1. The van der Waals surface area contributed by atoms with Gasteiger partial charge in [-0.1, -0.05) is 24.6 Å². The van der Waals surface area contributed by atoms with E-state index in [1.54, 1.807) is 0 Å². The third kappa shape index (κ3) is 2.03. The van der Waals surface area contributed by atoms with Crippen molar-refractivity contribution in [2.24, 2.45) is 23.5 Å². The van der Waals surface area contributed by atoms with Crippen LogP contribution < -0.4 is 10.5 Å². The zero-order valence-corrected chi connectivity index (χ0v) is 11.1. The summed E-state index contributed by atoms with van der Waals surface area (Å²) in [6.07, 6.45) is 5.56. The molecular weight excluding hydrogens is 222 g/mol. The molecule has 1 aromatic carbocycles. The van der Waals surface area contributed by atoms with E-state index in [4.69, 9.17) is 10.5 Å². The number of benzene rings is 1. The van der Waals surface area contributed by atoms with E-state index in [2.05, 4.69) is 12.1 Å². The molecule has 2 bridgehead atoms. The summed E-state index contributed by atoms with van der Waals surface area (Å²) in [7, 11) is 0. The summed E-state index contributed by atoms with van der Waals surface area (Å²) in [5, 5.41) is 0. The van der Waals surface area contributed by atoms with E-state index in [0.717, 1.165) is 17.6 Å². The summed E-state index contributed by atoms with van der Waals surface area (Å²) in [6, 6.07) is 8.45. The minimum atomic E-state index is 0.156. The van der Waals surface area contributed by atoms with Gasteiger partial charge in [0.1, 0.15) is 5.75 Å². The molecule has 2 heteroatoms. The third-order valence-electron chi connectivity index (χ3n) is 4.83. The first kappa shape index (κ1) is 12.0. The molecule has 3 rings (SSSR count). The van der Waals surface area contributed by atoms with Gasteiger partial charge in [-0.2, -0.15) is 0 Å². The van der Waals surface area contributed by atoms with Gasteiger partial charge in [-0.05, 0) is 50.0 Å². The predicted molar refractivity (Wildman–Crippen MR) is 73.5 cm³/mol. The molecule has 98 valence electrons. The molecule has 1 aromatic rings. The summed E-state index contributed by atoms with van der Waals surface area (Å²) in [4.78, 5) is 0. The Morgan fingerprint density at radius 2 is 2.11 bits per heavy atom. The van der Waals surface area contributed by atoms with Crippen LogP contribution in [0.25, 0.3) is 0 Å². The van der Waals surface area contributed by atoms with Crippen molar-refractivity contribution in [2.75, 3.05) is 6.61 Å². The molecule has 0 radical (unpaired) electrons. The molecule has 0 saturated heterocycles. The average molecular weight is 245 g/mol. The Kier molecular flexibility index (Phi) is 3.29. The number of nitrogens with two attached hydrogens (primary N) is 1. The standard InChI is InChI=1S/C16H23NO/c1-2-18-15-6-4-3-5-13(15)16(17)14-10-11-7-8-12(14)9-11/h3-6,11-12,14,16H,2,7-10,17H2,1H3. The van der Waals surface area contributed by atoms with Gasteiger partial charge in [0.2, 0.25) is 0 Å². The molecule has 0 aliphatic heterocycles. The molecule has 18 heavy (non-hydrogen) atoms. The van der Waals surface area contributed by atoms with Crippen LogP contribution in [-0.4, -0.2) is 6.61 Å². The summed E-state index contributed by atoms with van der Waals surface area (Å²) in [5.41, 5.74) is 7.74. The maximum atomic E-state index is 6.54. The molecular formula is C16H23NO. The van der Waals surface area contributed by atoms with Crippen molar-refractivity contribution in [3.05, 3.63) is 29.8 Å². The van der Waals surface area contributed by atoms with Crippen molar-refractivity contribution in [1.82, 2.24) is 0 Å². The average Bonchev–Trinajstić information content (AvgIpc) is 3.01. The van der Waals surface area contributed by atoms with Crippen LogP contribution in [-0.2, 0) is 0 Å². The van der Waals surface area contributed by atoms with Crippen molar-refractivity contribution >= 4 is 0 Å². The number of hydrogen-bond donors (Lipinski definition) is 1. The first-order valence-corrected chi connectivity index (χ1v) is 7.27. The lowest BCUT2D eigenvalue weighted by atomic mass is 9.81. The van der Waals surface area contributed by atoms with E-state index in [0.29, 0.717) is 12.5 Å². The van der Waals surface area contributed by atoms with E-state index in [-0.39, 0.29) is 6.04 Å².